The lowest BCUT2D eigenvalue weighted by atomic mass is 10.1. The molecule has 2 aromatic rings. The van der Waals surface area contributed by atoms with E-state index in [1.165, 1.54) is 19.2 Å². The van der Waals surface area contributed by atoms with Gasteiger partial charge in [0.25, 0.3) is 17.4 Å². The average molecular weight is 392 g/mol. The molecule has 1 aromatic carbocycles. The number of nitrogen functional groups attached to an aromatic ring is 1. The van der Waals surface area contributed by atoms with E-state index >= 15 is 0 Å². The second kappa shape index (κ2) is 5.60. The summed E-state index contributed by atoms with van der Waals surface area (Å²) in [5, 5.41) is 2.09. The molecule has 0 saturated carbocycles. The second-order valence-electron chi connectivity index (χ2n) is 4.93. The smallest absolute Gasteiger partial charge is 0.339 e. The fraction of sp³-hybridized carbons (Fsp3) is 0.0667. The van der Waals surface area contributed by atoms with Gasteiger partial charge in [-0.25, -0.2) is 4.79 Å². The molecule has 0 fully saturated rings. The normalized spacial score (nSPS) is 12.8. The highest BCUT2D eigenvalue weighted by atomic mass is 79.9. The molecular formula is C15H10BrN3O5. The number of pyridine rings is 1. The first-order valence-corrected chi connectivity index (χ1v) is 7.44. The zero-order valence-corrected chi connectivity index (χ0v) is 13.8. The summed E-state index contributed by atoms with van der Waals surface area (Å²) in [5.74, 6) is -2.13. The summed E-state index contributed by atoms with van der Waals surface area (Å²) in [5.41, 5.74) is 5.65. The van der Waals surface area contributed by atoms with Gasteiger partial charge in [-0.3, -0.25) is 24.3 Å². The molecule has 3 rings (SSSR count). The number of carbonyl (C=O) groups is 3. The van der Waals surface area contributed by atoms with Crippen LogP contribution in [-0.2, 0) is 4.74 Å². The summed E-state index contributed by atoms with van der Waals surface area (Å²) in [6, 6.07) is 5.52. The summed E-state index contributed by atoms with van der Waals surface area (Å²) in [6.07, 6.45) is 0. The number of anilines is 1. The van der Waals surface area contributed by atoms with Crippen LogP contribution in [0.5, 0.6) is 0 Å². The molecule has 0 atom stereocenters. The standard InChI is InChI=1S/C15H10BrN3O5/c1-24-15(23)7-4-6(2-3-9(7)16)19-10(20)5-8-11(12(19)17)14(22)18-13(8)21/h2-5H,17H2,1H3,(H,18,21,22). The predicted octanol–water partition coefficient (Wildman–Crippen LogP) is 0.852. The Morgan fingerprint density at radius 3 is 2.58 bits per heavy atom. The fourth-order valence-electron chi connectivity index (χ4n) is 2.46. The number of rotatable bonds is 2. The number of benzene rings is 1. The van der Waals surface area contributed by atoms with E-state index in [1.807, 2.05) is 0 Å². The number of nitrogens with zero attached hydrogens (tertiary/aromatic N) is 1. The molecule has 1 aromatic heterocycles. The van der Waals surface area contributed by atoms with Gasteiger partial charge < -0.3 is 10.5 Å². The Morgan fingerprint density at radius 2 is 1.92 bits per heavy atom. The molecular weight excluding hydrogens is 382 g/mol. The van der Waals surface area contributed by atoms with Crippen LogP contribution in [0, 0.1) is 0 Å². The van der Waals surface area contributed by atoms with Crippen LogP contribution in [-0.4, -0.2) is 29.5 Å². The van der Waals surface area contributed by atoms with E-state index in [-0.39, 0.29) is 28.2 Å². The SMILES string of the molecule is COC(=O)c1cc(-n2c(N)c3c(cc2=O)C(=O)NC3=O)ccc1Br. The van der Waals surface area contributed by atoms with Gasteiger partial charge in [0.1, 0.15) is 5.82 Å². The topological polar surface area (TPSA) is 120 Å². The first-order chi connectivity index (χ1) is 11.3. The molecule has 2 heterocycles. The van der Waals surface area contributed by atoms with Gasteiger partial charge in [0, 0.05) is 10.5 Å². The highest BCUT2D eigenvalue weighted by Crippen LogP contribution is 2.25. The maximum atomic E-state index is 12.4. The molecule has 8 nitrogen and oxygen atoms in total. The predicted molar refractivity (Wildman–Crippen MR) is 87.3 cm³/mol. The van der Waals surface area contributed by atoms with E-state index in [9.17, 15) is 19.2 Å². The number of methoxy groups -OCH3 is 1. The number of halogens is 1. The van der Waals surface area contributed by atoms with Crippen molar-refractivity contribution in [3.63, 3.8) is 0 Å². The molecule has 0 unspecified atom stereocenters. The zero-order valence-electron chi connectivity index (χ0n) is 12.3. The Balaban J connectivity index is 2.27. The summed E-state index contributed by atoms with van der Waals surface area (Å²) < 4.78 is 6.20. The lowest BCUT2D eigenvalue weighted by Gasteiger charge is -2.13. The Morgan fingerprint density at radius 1 is 1.21 bits per heavy atom. The Labute approximate surface area is 143 Å². The van der Waals surface area contributed by atoms with Gasteiger partial charge in [0.05, 0.1) is 29.5 Å². The van der Waals surface area contributed by atoms with Gasteiger partial charge in [-0.2, -0.15) is 0 Å². The van der Waals surface area contributed by atoms with E-state index in [0.717, 1.165) is 10.6 Å². The molecule has 2 amide bonds. The van der Waals surface area contributed by atoms with Crippen LogP contribution in [0.15, 0.2) is 33.5 Å². The highest BCUT2D eigenvalue weighted by molar-refractivity contribution is 9.10. The van der Waals surface area contributed by atoms with Crippen LogP contribution >= 0.6 is 15.9 Å². The first-order valence-electron chi connectivity index (χ1n) is 6.64. The van der Waals surface area contributed by atoms with Crippen molar-refractivity contribution in [3.8, 4) is 5.69 Å². The van der Waals surface area contributed by atoms with E-state index in [4.69, 9.17) is 5.73 Å². The van der Waals surface area contributed by atoms with Crippen molar-refractivity contribution in [1.29, 1.82) is 0 Å². The number of ether oxygens (including phenoxy) is 1. The number of hydrogen-bond acceptors (Lipinski definition) is 6. The van der Waals surface area contributed by atoms with Gasteiger partial charge in [0.2, 0.25) is 0 Å². The minimum absolute atomic E-state index is 0.0657. The molecule has 1 aliphatic rings. The minimum Gasteiger partial charge on any atom is -0.465 e. The third-order valence-electron chi connectivity index (χ3n) is 3.57. The van der Waals surface area contributed by atoms with Gasteiger partial charge >= 0.3 is 5.97 Å². The van der Waals surface area contributed by atoms with Crippen molar-refractivity contribution >= 4 is 39.5 Å². The first kappa shape index (κ1) is 15.9. The zero-order chi connectivity index (χ0) is 17.6. The van der Waals surface area contributed by atoms with E-state index in [0.29, 0.717) is 4.47 Å². The lowest BCUT2D eigenvalue weighted by molar-refractivity contribution is 0.0599. The number of aromatic nitrogens is 1. The van der Waals surface area contributed by atoms with Crippen LogP contribution in [0.3, 0.4) is 0 Å². The van der Waals surface area contributed by atoms with Gasteiger partial charge in [-0.1, -0.05) is 0 Å². The van der Waals surface area contributed by atoms with Crippen molar-refractivity contribution in [1.82, 2.24) is 9.88 Å². The molecule has 0 bridgehead atoms. The van der Waals surface area contributed by atoms with Crippen molar-refractivity contribution in [2.24, 2.45) is 0 Å². The maximum absolute atomic E-state index is 12.4. The summed E-state index contributed by atoms with van der Waals surface area (Å²) >= 11 is 3.22. The third kappa shape index (κ3) is 2.29. The molecule has 0 radical (unpaired) electrons. The van der Waals surface area contributed by atoms with Gasteiger partial charge in [-0.15, -0.1) is 0 Å². The fourth-order valence-corrected chi connectivity index (χ4v) is 2.87. The van der Waals surface area contributed by atoms with Crippen LogP contribution in [0.1, 0.15) is 31.1 Å². The minimum atomic E-state index is -0.674. The Hall–Kier alpha value is -2.94. The summed E-state index contributed by atoms with van der Waals surface area (Å²) in [6.45, 7) is 0. The number of carbonyl (C=O) groups excluding carboxylic acids is 3. The van der Waals surface area contributed by atoms with Crippen LogP contribution < -0.4 is 16.6 Å². The number of amides is 2. The van der Waals surface area contributed by atoms with E-state index < -0.39 is 23.3 Å². The Bertz CT molecular complexity index is 980. The molecule has 1 aliphatic heterocycles. The van der Waals surface area contributed by atoms with Crippen molar-refractivity contribution in [3.05, 3.63) is 55.8 Å². The Kier molecular flexibility index (Phi) is 3.72. The summed E-state index contributed by atoms with van der Waals surface area (Å²) in [4.78, 5) is 47.7. The number of esters is 1. The molecule has 9 heteroatoms. The number of hydrogen-bond donors (Lipinski definition) is 2. The number of nitrogens with one attached hydrogen (secondary N) is 1. The van der Waals surface area contributed by atoms with E-state index in [2.05, 4.69) is 26.0 Å². The molecule has 122 valence electrons. The van der Waals surface area contributed by atoms with Gasteiger partial charge in [0.15, 0.2) is 0 Å². The number of imide groups is 1. The molecule has 0 aliphatic carbocycles. The molecule has 24 heavy (non-hydrogen) atoms. The third-order valence-corrected chi connectivity index (χ3v) is 4.26. The molecule has 3 N–H and O–H groups in total. The second-order valence-corrected chi connectivity index (χ2v) is 5.79. The van der Waals surface area contributed by atoms with Crippen LogP contribution in [0.2, 0.25) is 0 Å². The van der Waals surface area contributed by atoms with Crippen molar-refractivity contribution in [2.75, 3.05) is 12.8 Å². The summed E-state index contributed by atoms with van der Waals surface area (Å²) in [7, 11) is 1.23. The number of fused-ring (bicyclic) bond motifs is 1. The average Bonchev–Trinajstić information content (AvgIpc) is 2.82. The maximum Gasteiger partial charge on any atom is 0.339 e. The highest BCUT2D eigenvalue weighted by Gasteiger charge is 2.32. The van der Waals surface area contributed by atoms with Crippen molar-refractivity contribution in [2.45, 2.75) is 0 Å². The van der Waals surface area contributed by atoms with E-state index in [1.54, 1.807) is 6.07 Å². The quantitative estimate of drug-likeness (QED) is 0.578. The van der Waals surface area contributed by atoms with Crippen LogP contribution in [0.4, 0.5) is 5.82 Å². The molecule has 0 saturated heterocycles. The largest absolute Gasteiger partial charge is 0.465 e. The number of nitrogens with two attached hydrogens (primary N) is 1. The van der Waals surface area contributed by atoms with Crippen molar-refractivity contribution < 1.29 is 19.1 Å². The van der Waals surface area contributed by atoms with Gasteiger partial charge in [-0.05, 0) is 34.1 Å². The lowest BCUT2D eigenvalue weighted by Crippen LogP contribution is -2.24. The molecule has 0 spiro atoms. The van der Waals surface area contributed by atoms with Crippen LogP contribution in [0.25, 0.3) is 5.69 Å². The monoisotopic (exact) mass is 391 g/mol.